The van der Waals surface area contributed by atoms with Gasteiger partial charge in [0, 0.05) is 18.0 Å². The summed E-state index contributed by atoms with van der Waals surface area (Å²) in [6.07, 6.45) is 4.58. The van der Waals surface area contributed by atoms with Crippen molar-refractivity contribution in [3.63, 3.8) is 0 Å². The van der Waals surface area contributed by atoms with Gasteiger partial charge in [0.1, 0.15) is 30.5 Å². The zero-order chi connectivity index (χ0) is 26.9. The lowest BCUT2D eigenvalue weighted by Crippen LogP contribution is -2.23. The van der Waals surface area contributed by atoms with Crippen LogP contribution in [0.25, 0.3) is 5.57 Å². The van der Waals surface area contributed by atoms with Crippen LogP contribution in [-0.2, 0) is 11.3 Å². The summed E-state index contributed by atoms with van der Waals surface area (Å²) in [7, 11) is 0. The Balaban J connectivity index is 1.49. The van der Waals surface area contributed by atoms with Gasteiger partial charge in [-0.05, 0) is 90.7 Å². The van der Waals surface area contributed by atoms with Gasteiger partial charge in [-0.2, -0.15) is 5.10 Å². The Morgan fingerprint density at radius 1 is 1.11 bits per heavy atom. The zero-order valence-electron chi connectivity index (χ0n) is 21.1. The number of nitrogens with zero attached hydrogens (tertiary/aromatic N) is 2. The number of rotatable bonds is 9. The van der Waals surface area contributed by atoms with E-state index in [1.807, 2.05) is 49.5 Å². The van der Waals surface area contributed by atoms with Gasteiger partial charge in [0.05, 0.1) is 0 Å². The molecule has 1 atom stereocenters. The summed E-state index contributed by atoms with van der Waals surface area (Å²) in [6.45, 7) is 4.09. The smallest absolute Gasteiger partial charge is 0.344 e. The fraction of sp³-hybridized carbons (Fsp3) is 0.161. The lowest BCUT2D eigenvalue weighted by molar-refractivity contribution is -0.144. The van der Waals surface area contributed by atoms with Gasteiger partial charge in [-0.3, -0.25) is 4.68 Å². The minimum Gasteiger partial charge on any atom is -0.489 e. The van der Waals surface area contributed by atoms with E-state index in [9.17, 15) is 9.18 Å². The van der Waals surface area contributed by atoms with Crippen molar-refractivity contribution in [2.24, 2.45) is 0 Å². The highest BCUT2D eigenvalue weighted by molar-refractivity contribution is 5.80. The number of benzene rings is 3. The van der Waals surface area contributed by atoms with Gasteiger partial charge in [-0.1, -0.05) is 36.1 Å². The first-order chi connectivity index (χ1) is 18.4. The van der Waals surface area contributed by atoms with E-state index in [0.717, 1.165) is 27.8 Å². The average molecular weight is 511 g/mol. The van der Waals surface area contributed by atoms with Crippen molar-refractivity contribution in [3.8, 4) is 23.3 Å². The Hall–Kier alpha value is -4.83. The molecule has 1 heterocycles. The van der Waals surface area contributed by atoms with Crippen molar-refractivity contribution in [1.82, 2.24) is 9.78 Å². The summed E-state index contributed by atoms with van der Waals surface area (Å²) in [5.74, 6) is 6.02. The topological polar surface area (TPSA) is 73.6 Å². The van der Waals surface area contributed by atoms with Gasteiger partial charge in [0.25, 0.3) is 0 Å². The molecule has 0 saturated carbocycles. The minimum absolute atomic E-state index is 0.267. The highest BCUT2D eigenvalue weighted by atomic mass is 19.1. The molecule has 4 rings (SSSR count). The van der Waals surface area contributed by atoms with Gasteiger partial charge < -0.3 is 14.6 Å². The quantitative estimate of drug-likeness (QED) is 0.291. The third-order valence-corrected chi connectivity index (χ3v) is 5.72. The number of carbonyl (C=O) groups is 1. The van der Waals surface area contributed by atoms with E-state index in [1.54, 1.807) is 41.2 Å². The van der Waals surface area contributed by atoms with Gasteiger partial charge in [0.15, 0.2) is 6.10 Å². The second-order valence-corrected chi connectivity index (χ2v) is 8.54. The van der Waals surface area contributed by atoms with Gasteiger partial charge in [-0.15, -0.1) is 0 Å². The van der Waals surface area contributed by atoms with Crippen molar-refractivity contribution in [1.29, 1.82) is 0 Å². The number of carboxylic acid groups (broad SMARTS) is 1. The minimum atomic E-state index is -1.03. The largest absolute Gasteiger partial charge is 0.489 e. The lowest BCUT2D eigenvalue weighted by Gasteiger charge is -2.14. The first kappa shape index (κ1) is 26.2. The Morgan fingerprint density at radius 3 is 2.45 bits per heavy atom. The van der Waals surface area contributed by atoms with Crippen molar-refractivity contribution in [3.05, 3.63) is 119 Å². The zero-order valence-corrected chi connectivity index (χ0v) is 21.1. The molecule has 0 aliphatic carbocycles. The molecule has 38 heavy (non-hydrogen) atoms. The molecule has 0 amide bonds. The molecule has 0 spiro atoms. The average Bonchev–Trinajstić information content (AvgIpc) is 3.43. The summed E-state index contributed by atoms with van der Waals surface area (Å²) < 4.78 is 26.8. The van der Waals surface area contributed by atoms with Gasteiger partial charge >= 0.3 is 5.97 Å². The number of aliphatic carboxylic acids is 1. The van der Waals surface area contributed by atoms with Crippen LogP contribution in [0.4, 0.5) is 4.39 Å². The fourth-order valence-electron chi connectivity index (χ4n) is 3.69. The maximum atomic E-state index is 13.6. The normalized spacial score (nSPS) is 11.8. The Labute approximate surface area is 221 Å². The van der Waals surface area contributed by atoms with E-state index in [4.69, 9.17) is 14.6 Å². The molecule has 6 nitrogen and oxygen atoms in total. The molecule has 1 aromatic heterocycles. The molecule has 192 valence electrons. The molecular formula is C31H27FN2O4. The van der Waals surface area contributed by atoms with E-state index < -0.39 is 12.1 Å². The molecular weight excluding hydrogens is 483 g/mol. The van der Waals surface area contributed by atoms with Crippen LogP contribution >= 0.6 is 0 Å². The van der Waals surface area contributed by atoms with E-state index in [2.05, 4.69) is 16.9 Å². The monoisotopic (exact) mass is 510 g/mol. The molecule has 3 aromatic carbocycles. The highest BCUT2D eigenvalue weighted by Crippen LogP contribution is 2.26. The van der Waals surface area contributed by atoms with E-state index in [-0.39, 0.29) is 12.4 Å². The molecule has 1 unspecified atom stereocenters. The SMILES string of the molecule is Cc1cc(OC/C=C(/c2ccc(F)cc2)c2ccc(C#CCn3cccn3)cc2)ccc1OC(C)C(=O)O. The first-order valence-corrected chi connectivity index (χ1v) is 12.0. The molecule has 1 N–H and O–H groups in total. The molecule has 0 bridgehead atoms. The van der Waals surface area contributed by atoms with Crippen LogP contribution in [0.5, 0.6) is 11.5 Å². The standard InChI is InChI=1S/C31H27FN2O4/c1-22-21-28(14-15-30(22)38-23(2)31(35)36)37-20-16-29(26-10-12-27(32)13-11-26)25-8-6-24(7-9-25)5-3-18-34-19-4-17-33-34/h4,6-17,19,21,23H,18,20H2,1-2H3,(H,35,36)/b29-16+. The number of aromatic nitrogens is 2. The number of hydrogen-bond donors (Lipinski definition) is 1. The maximum absolute atomic E-state index is 13.6. The third-order valence-electron chi connectivity index (χ3n) is 5.72. The highest BCUT2D eigenvalue weighted by Gasteiger charge is 2.14. The maximum Gasteiger partial charge on any atom is 0.344 e. The predicted molar refractivity (Wildman–Crippen MR) is 143 cm³/mol. The number of ether oxygens (including phenoxy) is 2. The van der Waals surface area contributed by atoms with Crippen molar-refractivity contribution in [2.75, 3.05) is 6.61 Å². The number of hydrogen-bond acceptors (Lipinski definition) is 4. The van der Waals surface area contributed by atoms with E-state index in [0.29, 0.717) is 18.0 Å². The molecule has 0 saturated heterocycles. The molecule has 0 aliphatic heterocycles. The molecule has 0 fully saturated rings. The van der Waals surface area contributed by atoms with Crippen LogP contribution < -0.4 is 9.47 Å². The lowest BCUT2D eigenvalue weighted by atomic mass is 9.96. The summed E-state index contributed by atoms with van der Waals surface area (Å²) in [5, 5.41) is 13.2. The fourth-order valence-corrected chi connectivity index (χ4v) is 3.69. The molecule has 0 aliphatic rings. The predicted octanol–water partition coefficient (Wildman–Crippen LogP) is 5.74. The van der Waals surface area contributed by atoms with Gasteiger partial charge in [-0.25, -0.2) is 9.18 Å². The number of halogens is 1. The summed E-state index contributed by atoms with van der Waals surface area (Å²) >= 11 is 0. The van der Waals surface area contributed by atoms with Crippen LogP contribution in [0.15, 0.2) is 91.3 Å². The van der Waals surface area contributed by atoms with E-state index >= 15 is 0 Å². The Bertz CT molecular complexity index is 1470. The number of aryl methyl sites for hydroxylation is 1. The summed E-state index contributed by atoms with van der Waals surface area (Å²) in [4.78, 5) is 11.1. The second kappa shape index (κ2) is 12.4. The molecule has 7 heteroatoms. The Morgan fingerprint density at radius 2 is 1.82 bits per heavy atom. The van der Waals surface area contributed by atoms with Crippen molar-refractivity contribution < 1.29 is 23.8 Å². The van der Waals surface area contributed by atoms with Gasteiger partial charge in [0.2, 0.25) is 0 Å². The Kier molecular flexibility index (Phi) is 8.57. The van der Waals surface area contributed by atoms with E-state index in [1.165, 1.54) is 19.1 Å². The van der Waals surface area contributed by atoms with Crippen LogP contribution in [0.1, 0.15) is 29.2 Å². The molecule has 0 radical (unpaired) electrons. The third kappa shape index (κ3) is 7.11. The van der Waals surface area contributed by atoms with Crippen LogP contribution in [0.3, 0.4) is 0 Å². The first-order valence-electron chi connectivity index (χ1n) is 12.0. The van der Waals surface area contributed by atoms with Crippen molar-refractivity contribution >= 4 is 11.5 Å². The van der Waals surface area contributed by atoms with Crippen LogP contribution in [0, 0.1) is 24.6 Å². The summed E-state index contributed by atoms with van der Waals surface area (Å²) in [5.41, 5.74) is 4.34. The summed E-state index contributed by atoms with van der Waals surface area (Å²) in [6, 6.07) is 21.3. The number of carboxylic acids is 1. The molecule has 4 aromatic rings. The van der Waals surface area contributed by atoms with Crippen LogP contribution in [-0.4, -0.2) is 33.6 Å². The van der Waals surface area contributed by atoms with Crippen molar-refractivity contribution in [2.45, 2.75) is 26.5 Å². The van der Waals surface area contributed by atoms with Crippen LogP contribution in [0.2, 0.25) is 0 Å². The second-order valence-electron chi connectivity index (χ2n) is 8.54.